The predicted molar refractivity (Wildman–Crippen MR) is 72.9 cm³/mol. The van der Waals surface area contributed by atoms with Crippen molar-refractivity contribution in [2.24, 2.45) is 0 Å². The molecule has 5 nitrogen and oxygen atoms in total. The van der Waals surface area contributed by atoms with Gasteiger partial charge < -0.3 is 14.8 Å². The van der Waals surface area contributed by atoms with E-state index in [0.29, 0.717) is 13.2 Å². The first-order valence-electron chi connectivity index (χ1n) is 6.38. The topological polar surface area (TPSA) is 56.3 Å². The van der Waals surface area contributed by atoms with Crippen LogP contribution in [0.4, 0.5) is 5.69 Å². The third kappa shape index (κ3) is 2.83. The van der Waals surface area contributed by atoms with Gasteiger partial charge >= 0.3 is 0 Å². The van der Waals surface area contributed by atoms with Crippen LogP contribution < -0.4 is 5.32 Å². The molecule has 19 heavy (non-hydrogen) atoms. The Bertz CT molecular complexity index is 576. The molecule has 0 aliphatic carbocycles. The van der Waals surface area contributed by atoms with Crippen molar-refractivity contribution in [3.8, 4) is 0 Å². The van der Waals surface area contributed by atoms with Gasteiger partial charge in [-0.1, -0.05) is 0 Å². The molecule has 0 bridgehead atoms. The molecular weight excluding hydrogens is 242 g/mol. The number of benzene rings is 1. The first kappa shape index (κ1) is 12.3. The van der Waals surface area contributed by atoms with Crippen LogP contribution in [0.15, 0.2) is 30.6 Å². The summed E-state index contributed by atoms with van der Waals surface area (Å²) in [7, 11) is 0. The van der Waals surface area contributed by atoms with Crippen molar-refractivity contribution in [2.45, 2.75) is 25.7 Å². The van der Waals surface area contributed by atoms with E-state index in [0.717, 1.165) is 16.7 Å². The molecule has 1 saturated heterocycles. The number of hydrogen-bond donors (Lipinski definition) is 1. The van der Waals surface area contributed by atoms with Gasteiger partial charge in [-0.05, 0) is 32.0 Å². The van der Waals surface area contributed by atoms with Gasteiger partial charge in [0.15, 0.2) is 5.79 Å². The van der Waals surface area contributed by atoms with Crippen LogP contribution in [0.3, 0.4) is 0 Å². The summed E-state index contributed by atoms with van der Waals surface area (Å²) in [5.41, 5.74) is 2.78. The summed E-state index contributed by atoms with van der Waals surface area (Å²) in [6, 6.07) is 6.10. The van der Waals surface area contributed by atoms with Gasteiger partial charge in [0.05, 0.1) is 30.3 Å². The Labute approximate surface area is 112 Å². The highest BCUT2D eigenvalue weighted by molar-refractivity contribution is 5.78. The highest BCUT2D eigenvalue weighted by Gasteiger charge is 2.28. The van der Waals surface area contributed by atoms with Crippen molar-refractivity contribution in [3.05, 3.63) is 30.6 Å². The number of nitrogens with one attached hydrogen (secondary N) is 1. The van der Waals surface area contributed by atoms with Crippen molar-refractivity contribution in [1.82, 2.24) is 9.97 Å². The summed E-state index contributed by atoms with van der Waals surface area (Å²) in [5, 5.41) is 3.39. The van der Waals surface area contributed by atoms with Crippen LogP contribution in [0.25, 0.3) is 11.0 Å². The molecule has 3 rings (SSSR count). The second-order valence-corrected chi connectivity index (χ2v) is 5.12. The maximum atomic E-state index is 5.62. The lowest BCUT2D eigenvalue weighted by molar-refractivity contribution is -0.247. The van der Waals surface area contributed by atoms with E-state index in [9.17, 15) is 0 Å². The lowest BCUT2D eigenvalue weighted by Gasteiger charge is -2.35. The van der Waals surface area contributed by atoms with Crippen molar-refractivity contribution >= 4 is 16.7 Å². The number of nitrogens with zero attached hydrogens (tertiary/aromatic N) is 2. The van der Waals surface area contributed by atoms with E-state index in [1.807, 2.05) is 32.0 Å². The van der Waals surface area contributed by atoms with Gasteiger partial charge in [0.1, 0.15) is 0 Å². The number of aromatic nitrogens is 2. The van der Waals surface area contributed by atoms with Gasteiger partial charge in [-0.25, -0.2) is 0 Å². The van der Waals surface area contributed by atoms with Crippen LogP contribution in [-0.2, 0) is 9.47 Å². The Kier molecular flexibility index (Phi) is 3.08. The minimum absolute atomic E-state index is 0.155. The average Bonchev–Trinajstić information content (AvgIpc) is 2.41. The van der Waals surface area contributed by atoms with Crippen LogP contribution >= 0.6 is 0 Å². The Morgan fingerprint density at radius 3 is 2.53 bits per heavy atom. The Morgan fingerprint density at radius 2 is 1.79 bits per heavy atom. The van der Waals surface area contributed by atoms with Gasteiger partial charge in [0.2, 0.25) is 0 Å². The van der Waals surface area contributed by atoms with E-state index in [1.165, 1.54) is 0 Å². The van der Waals surface area contributed by atoms with E-state index in [4.69, 9.17) is 9.47 Å². The quantitative estimate of drug-likeness (QED) is 0.896. The molecule has 0 unspecified atom stereocenters. The molecule has 0 amide bonds. The molecule has 0 saturated carbocycles. The summed E-state index contributed by atoms with van der Waals surface area (Å²) in [5.74, 6) is -0.479. The first-order chi connectivity index (χ1) is 9.12. The second-order valence-electron chi connectivity index (χ2n) is 5.12. The molecule has 0 radical (unpaired) electrons. The van der Waals surface area contributed by atoms with Crippen molar-refractivity contribution in [2.75, 3.05) is 18.5 Å². The molecule has 2 aromatic rings. The number of rotatable bonds is 2. The van der Waals surface area contributed by atoms with Gasteiger partial charge in [0.25, 0.3) is 0 Å². The molecule has 2 heterocycles. The highest BCUT2D eigenvalue weighted by Crippen LogP contribution is 2.21. The molecule has 0 atom stereocenters. The molecule has 1 aromatic heterocycles. The molecule has 0 spiro atoms. The van der Waals surface area contributed by atoms with E-state index in [1.54, 1.807) is 12.4 Å². The number of anilines is 1. The van der Waals surface area contributed by atoms with Crippen molar-refractivity contribution < 1.29 is 9.47 Å². The summed E-state index contributed by atoms with van der Waals surface area (Å²) in [6.07, 6.45) is 3.39. The van der Waals surface area contributed by atoms with Crippen LogP contribution in [0.2, 0.25) is 0 Å². The number of hydrogen-bond acceptors (Lipinski definition) is 5. The normalized spacial score (nSPS) is 19.5. The zero-order valence-corrected chi connectivity index (χ0v) is 11.1. The van der Waals surface area contributed by atoms with Crippen LogP contribution in [0, 0.1) is 0 Å². The van der Waals surface area contributed by atoms with E-state index >= 15 is 0 Å². The molecule has 1 aromatic carbocycles. The number of ether oxygens (including phenoxy) is 2. The minimum atomic E-state index is -0.479. The fourth-order valence-corrected chi connectivity index (χ4v) is 2.06. The molecule has 1 aliphatic rings. The van der Waals surface area contributed by atoms with Gasteiger partial charge in [-0.15, -0.1) is 0 Å². The largest absolute Gasteiger partial charge is 0.378 e. The summed E-state index contributed by atoms with van der Waals surface area (Å²) in [4.78, 5) is 8.54. The van der Waals surface area contributed by atoms with Crippen LogP contribution in [-0.4, -0.2) is 35.0 Å². The Balaban J connectivity index is 1.72. The highest BCUT2D eigenvalue weighted by atomic mass is 16.7. The fourth-order valence-electron chi connectivity index (χ4n) is 2.06. The van der Waals surface area contributed by atoms with E-state index < -0.39 is 5.79 Å². The zero-order chi connectivity index (χ0) is 13.3. The second kappa shape index (κ2) is 4.75. The van der Waals surface area contributed by atoms with E-state index in [2.05, 4.69) is 15.3 Å². The average molecular weight is 259 g/mol. The van der Waals surface area contributed by atoms with Gasteiger partial charge in [0, 0.05) is 18.1 Å². The lowest BCUT2D eigenvalue weighted by Crippen LogP contribution is -2.45. The molecule has 1 N–H and O–H groups in total. The molecule has 1 aliphatic heterocycles. The smallest absolute Gasteiger partial charge is 0.162 e. The fraction of sp³-hybridized carbons (Fsp3) is 0.429. The maximum absolute atomic E-state index is 5.62. The van der Waals surface area contributed by atoms with Crippen LogP contribution in [0.1, 0.15) is 13.8 Å². The molecule has 100 valence electrons. The Hall–Kier alpha value is -1.72. The predicted octanol–water partition coefficient (Wildman–Crippen LogP) is 2.19. The summed E-state index contributed by atoms with van der Waals surface area (Å²) < 4.78 is 11.2. The molecule has 1 fully saturated rings. The maximum Gasteiger partial charge on any atom is 0.162 e. The third-order valence-corrected chi connectivity index (χ3v) is 3.10. The minimum Gasteiger partial charge on any atom is -0.378 e. The monoisotopic (exact) mass is 259 g/mol. The SMILES string of the molecule is CC1(C)OCC(Nc2ccc3nccnc3c2)CO1. The zero-order valence-electron chi connectivity index (χ0n) is 11.1. The molecular formula is C14H17N3O2. The van der Waals surface area contributed by atoms with Gasteiger partial charge in [-0.3, -0.25) is 9.97 Å². The van der Waals surface area contributed by atoms with Crippen molar-refractivity contribution in [1.29, 1.82) is 0 Å². The standard InChI is InChI=1S/C14H17N3O2/c1-14(2)18-8-11(9-19-14)17-10-3-4-12-13(7-10)16-6-5-15-12/h3-7,11,17H,8-9H2,1-2H3. The number of fused-ring (bicyclic) bond motifs is 1. The van der Waals surface area contributed by atoms with Crippen molar-refractivity contribution in [3.63, 3.8) is 0 Å². The van der Waals surface area contributed by atoms with E-state index in [-0.39, 0.29) is 6.04 Å². The third-order valence-electron chi connectivity index (χ3n) is 3.10. The van der Waals surface area contributed by atoms with Crippen LogP contribution in [0.5, 0.6) is 0 Å². The lowest BCUT2D eigenvalue weighted by atomic mass is 10.2. The first-order valence-corrected chi connectivity index (χ1v) is 6.38. The molecule has 5 heteroatoms. The van der Waals surface area contributed by atoms with Gasteiger partial charge in [-0.2, -0.15) is 0 Å². The summed E-state index contributed by atoms with van der Waals surface area (Å²) in [6.45, 7) is 5.11. The summed E-state index contributed by atoms with van der Waals surface area (Å²) >= 11 is 0. The Morgan fingerprint density at radius 1 is 1.11 bits per heavy atom.